The Bertz CT molecular complexity index is 341. The minimum atomic E-state index is 0.00818. The number of aliphatic hydroxyl groups is 1. The fourth-order valence-corrected chi connectivity index (χ4v) is 1.93. The standard InChI is InChI=1S/C14H20O4/c1-11(14-13(7-15)18-14)8-16-10-17-9-12-5-3-2-4-6-12/h2-6,11,13-15H,7-10H2,1H3/t11-,13+,14+/m1/s1. The molecule has 1 aliphatic heterocycles. The van der Waals surface area contributed by atoms with Gasteiger partial charge in [-0.25, -0.2) is 0 Å². The molecule has 4 nitrogen and oxygen atoms in total. The van der Waals surface area contributed by atoms with Crippen LogP contribution < -0.4 is 0 Å². The second kappa shape index (κ2) is 6.85. The van der Waals surface area contributed by atoms with Crippen LogP contribution in [-0.4, -0.2) is 37.3 Å². The highest BCUT2D eigenvalue weighted by Crippen LogP contribution is 2.28. The monoisotopic (exact) mass is 252 g/mol. The highest BCUT2D eigenvalue weighted by Gasteiger charge is 2.42. The van der Waals surface area contributed by atoms with E-state index in [1.54, 1.807) is 0 Å². The van der Waals surface area contributed by atoms with Crippen LogP contribution in [0.1, 0.15) is 12.5 Å². The highest BCUT2D eigenvalue weighted by atomic mass is 16.7. The van der Waals surface area contributed by atoms with Crippen molar-refractivity contribution in [1.29, 1.82) is 0 Å². The normalized spacial score (nSPS) is 23.9. The molecule has 1 saturated heterocycles. The fourth-order valence-electron chi connectivity index (χ4n) is 1.93. The molecule has 1 aromatic rings. The van der Waals surface area contributed by atoms with Crippen LogP contribution in [0.25, 0.3) is 0 Å². The maximum Gasteiger partial charge on any atom is 0.147 e. The topological polar surface area (TPSA) is 51.2 Å². The van der Waals surface area contributed by atoms with Crippen molar-refractivity contribution in [3.8, 4) is 0 Å². The highest BCUT2D eigenvalue weighted by molar-refractivity contribution is 5.13. The molecule has 1 heterocycles. The number of hydrogen-bond acceptors (Lipinski definition) is 4. The van der Waals surface area contributed by atoms with Gasteiger partial charge in [-0.1, -0.05) is 37.3 Å². The Hall–Kier alpha value is -0.940. The molecule has 3 atom stereocenters. The van der Waals surface area contributed by atoms with Crippen LogP contribution in [0.3, 0.4) is 0 Å². The van der Waals surface area contributed by atoms with Crippen LogP contribution in [0.5, 0.6) is 0 Å². The van der Waals surface area contributed by atoms with E-state index in [4.69, 9.17) is 19.3 Å². The summed E-state index contributed by atoms with van der Waals surface area (Å²) in [6, 6.07) is 10.00. The molecular weight excluding hydrogens is 232 g/mol. The lowest BCUT2D eigenvalue weighted by Crippen LogP contribution is -2.16. The molecular formula is C14H20O4. The number of aliphatic hydroxyl groups excluding tert-OH is 1. The van der Waals surface area contributed by atoms with Crippen LogP contribution in [0.2, 0.25) is 0 Å². The van der Waals surface area contributed by atoms with Gasteiger partial charge in [-0.15, -0.1) is 0 Å². The van der Waals surface area contributed by atoms with Crippen molar-refractivity contribution in [1.82, 2.24) is 0 Å². The molecule has 1 N–H and O–H groups in total. The summed E-state index contributed by atoms with van der Waals surface area (Å²) in [5, 5.41) is 8.87. The van der Waals surface area contributed by atoms with Gasteiger partial charge in [0, 0.05) is 5.92 Å². The predicted molar refractivity (Wildman–Crippen MR) is 67.0 cm³/mol. The number of benzene rings is 1. The van der Waals surface area contributed by atoms with Gasteiger partial charge in [0.15, 0.2) is 0 Å². The maximum absolute atomic E-state index is 8.87. The Morgan fingerprint density at radius 3 is 2.72 bits per heavy atom. The van der Waals surface area contributed by atoms with Crippen LogP contribution in [-0.2, 0) is 20.8 Å². The van der Waals surface area contributed by atoms with Crippen molar-refractivity contribution >= 4 is 0 Å². The van der Waals surface area contributed by atoms with Crippen molar-refractivity contribution in [3.05, 3.63) is 35.9 Å². The van der Waals surface area contributed by atoms with E-state index >= 15 is 0 Å². The Kier molecular flexibility index (Phi) is 5.13. The molecule has 0 aliphatic carbocycles. The molecule has 1 fully saturated rings. The van der Waals surface area contributed by atoms with E-state index in [9.17, 15) is 0 Å². The lowest BCUT2D eigenvalue weighted by Gasteiger charge is -2.10. The zero-order valence-electron chi connectivity index (χ0n) is 10.6. The minimum Gasteiger partial charge on any atom is -0.394 e. The van der Waals surface area contributed by atoms with E-state index in [2.05, 4.69) is 6.92 Å². The van der Waals surface area contributed by atoms with Crippen molar-refractivity contribution in [3.63, 3.8) is 0 Å². The molecule has 100 valence electrons. The largest absolute Gasteiger partial charge is 0.394 e. The zero-order chi connectivity index (χ0) is 12.8. The van der Waals surface area contributed by atoms with Crippen molar-refractivity contribution in [2.75, 3.05) is 20.0 Å². The zero-order valence-corrected chi connectivity index (χ0v) is 10.6. The van der Waals surface area contributed by atoms with Crippen molar-refractivity contribution in [2.24, 2.45) is 5.92 Å². The van der Waals surface area contributed by atoms with Crippen LogP contribution >= 0.6 is 0 Å². The van der Waals surface area contributed by atoms with E-state index in [1.807, 2.05) is 30.3 Å². The first-order valence-electron chi connectivity index (χ1n) is 6.27. The van der Waals surface area contributed by atoms with Gasteiger partial charge in [-0.05, 0) is 5.56 Å². The van der Waals surface area contributed by atoms with Crippen LogP contribution in [0.4, 0.5) is 0 Å². The van der Waals surface area contributed by atoms with Gasteiger partial charge in [0.05, 0.1) is 25.9 Å². The number of epoxide rings is 1. The van der Waals surface area contributed by atoms with E-state index in [-0.39, 0.29) is 25.6 Å². The Balaban J connectivity index is 1.51. The molecule has 0 aromatic heterocycles. The van der Waals surface area contributed by atoms with Gasteiger partial charge in [-0.3, -0.25) is 0 Å². The molecule has 0 saturated carbocycles. The van der Waals surface area contributed by atoms with E-state index in [1.165, 1.54) is 0 Å². The fraction of sp³-hybridized carbons (Fsp3) is 0.571. The smallest absolute Gasteiger partial charge is 0.147 e. The molecule has 18 heavy (non-hydrogen) atoms. The van der Waals surface area contributed by atoms with Gasteiger partial charge in [-0.2, -0.15) is 0 Å². The average Bonchev–Trinajstić information content (AvgIpc) is 3.19. The quantitative estimate of drug-likeness (QED) is 0.433. The summed E-state index contributed by atoms with van der Waals surface area (Å²) in [4.78, 5) is 0. The summed E-state index contributed by atoms with van der Waals surface area (Å²) in [7, 11) is 0. The second-order valence-electron chi connectivity index (χ2n) is 4.62. The molecule has 0 bridgehead atoms. The number of hydrogen-bond donors (Lipinski definition) is 1. The van der Waals surface area contributed by atoms with Gasteiger partial charge >= 0.3 is 0 Å². The molecule has 0 unspecified atom stereocenters. The Morgan fingerprint density at radius 2 is 2.06 bits per heavy atom. The third-order valence-corrected chi connectivity index (χ3v) is 3.02. The van der Waals surface area contributed by atoms with Gasteiger partial charge < -0.3 is 19.3 Å². The summed E-state index contributed by atoms with van der Waals surface area (Å²) in [6.07, 6.45) is 0.151. The lowest BCUT2D eigenvalue weighted by molar-refractivity contribution is -0.0719. The lowest BCUT2D eigenvalue weighted by atomic mass is 10.1. The minimum absolute atomic E-state index is 0.00818. The predicted octanol–water partition coefficient (Wildman–Crippen LogP) is 1.57. The summed E-state index contributed by atoms with van der Waals surface area (Å²) >= 11 is 0. The third-order valence-electron chi connectivity index (χ3n) is 3.02. The average molecular weight is 252 g/mol. The molecule has 1 aromatic carbocycles. The number of rotatable bonds is 8. The molecule has 0 amide bonds. The Labute approximate surface area is 107 Å². The maximum atomic E-state index is 8.87. The van der Waals surface area contributed by atoms with E-state index in [0.29, 0.717) is 19.1 Å². The first-order chi connectivity index (χ1) is 8.81. The summed E-state index contributed by atoms with van der Waals surface area (Å²) in [6.45, 7) is 3.59. The van der Waals surface area contributed by atoms with Gasteiger partial charge in [0.1, 0.15) is 12.9 Å². The first kappa shape index (κ1) is 13.5. The first-order valence-corrected chi connectivity index (χ1v) is 6.27. The van der Waals surface area contributed by atoms with Crippen molar-refractivity contribution in [2.45, 2.75) is 25.7 Å². The molecule has 0 radical (unpaired) electrons. The second-order valence-corrected chi connectivity index (χ2v) is 4.62. The number of ether oxygens (including phenoxy) is 3. The van der Waals surface area contributed by atoms with E-state index in [0.717, 1.165) is 5.56 Å². The van der Waals surface area contributed by atoms with Crippen LogP contribution in [0.15, 0.2) is 30.3 Å². The van der Waals surface area contributed by atoms with Gasteiger partial charge in [0.2, 0.25) is 0 Å². The third kappa shape index (κ3) is 4.07. The van der Waals surface area contributed by atoms with E-state index < -0.39 is 0 Å². The molecule has 1 aliphatic rings. The van der Waals surface area contributed by atoms with Gasteiger partial charge in [0.25, 0.3) is 0 Å². The SMILES string of the molecule is C[C@H](COCOCc1ccccc1)[C@@H]1O[C@H]1CO. The molecule has 4 heteroatoms. The summed E-state index contributed by atoms with van der Waals surface area (Å²) in [5.41, 5.74) is 1.14. The summed E-state index contributed by atoms with van der Waals surface area (Å²) in [5.74, 6) is 0.294. The van der Waals surface area contributed by atoms with Crippen LogP contribution in [0, 0.1) is 5.92 Å². The molecule has 2 rings (SSSR count). The summed E-state index contributed by atoms with van der Waals surface area (Å²) < 4.78 is 16.1. The Morgan fingerprint density at radius 1 is 1.28 bits per heavy atom. The molecule has 0 spiro atoms. The van der Waals surface area contributed by atoms with Crippen molar-refractivity contribution < 1.29 is 19.3 Å².